The molecular formula is C25H31NO5. The molecule has 1 amide bonds. The number of Topliss-reactive ketones (excluding diaryl/α,β-unsaturated/α-hetero) is 2. The number of ketones is 2. The van der Waals surface area contributed by atoms with Gasteiger partial charge in [0.25, 0.3) is 0 Å². The van der Waals surface area contributed by atoms with Crippen LogP contribution in [0.25, 0.3) is 0 Å². The predicted molar refractivity (Wildman–Crippen MR) is 117 cm³/mol. The van der Waals surface area contributed by atoms with Gasteiger partial charge in [-0.15, -0.1) is 0 Å². The second-order valence-corrected chi connectivity index (χ2v) is 8.25. The van der Waals surface area contributed by atoms with Crippen LogP contribution in [0, 0.1) is 0 Å². The highest BCUT2D eigenvalue weighted by Gasteiger charge is 2.34. The predicted octanol–water partition coefficient (Wildman–Crippen LogP) is 3.54. The average molecular weight is 426 g/mol. The number of carbonyl (C=O) groups excluding carboxylic acids is 3. The smallest absolute Gasteiger partial charge is 0.228 e. The van der Waals surface area contributed by atoms with Crippen molar-refractivity contribution in [2.75, 3.05) is 20.8 Å². The lowest BCUT2D eigenvalue weighted by molar-refractivity contribution is -0.134. The van der Waals surface area contributed by atoms with Crippen LogP contribution >= 0.6 is 0 Å². The lowest BCUT2D eigenvalue weighted by Crippen LogP contribution is -2.42. The Bertz CT molecular complexity index is 926. The van der Waals surface area contributed by atoms with E-state index in [1.54, 1.807) is 6.92 Å². The Morgan fingerprint density at radius 2 is 1.61 bits per heavy atom. The van der Waals surface area contributed by atoms with E-state index in [1.807, 2.05) is 29.2 Å². The van der Waals surface area contributed by atoms with Crippen molar-refractivity contribution in [1.29, 1.82) is 0 Å². The van der Waals surface area contributed by atoms with E-state index in [2.05, 4.69) is 6.92 Å². The van der Waals surface area contributed by atoms with Gasteiger partial charge in [0.15, 0.2) is 0 Å². The summed E-state index contributed by atoms with van der Waals surface area (Å²) in [6, 6.07) is 8.20. The lowest BCUT2D eigenvalue weighted by Gasteiger charge is -2.33. The highest BCUT2D eigenvalue weighted by molar-refractivity contribution is 6.23. The largest absolute Gasteiger partial charge is 0.489 e. The molecule has 1 aliphatic heterocycles. The van der Waals surface area contributed by atoms with Gasteiger partial charge in [0.05, 0.1) is 14.2 Å². The first-order chi connectivity index (χ1) is 14.9. The van der Waals surface area contributed by atoms with Gasteiger partial charge in [0.1, 0.15) is 0 Å². The van der Waals surface area contributed by atoms with Gasteiger partial charge in [-0.25, -0.2) is 0 Å². The number of amides is 1. The number of piperidine rings is 1. The Morgan fingerprint density at radius 1 is 1.00 bits per heavy atom. The van der Waals surface area contributed by atoms with Gasteiger partial charge in [-0.2, -0.15) is 0 Å². The summed E-state index contributed by atoms with van der Waals surface area (Å²) in [6.45, 7) is 4.63. The molecule has 6 heteroatoms. The molecule has 0 saturated carbocycles. The van der Waals surface area contributed by atoms with Gasteiger partial charge < -0.3 is 14.4 Å². The summed E-state index contributed by atoms with van der Waals surface area (Å²) in [7, 11) is 2.71. The molecule has 0 bridgehead atoms. The van der Waals surface area contributed by atoms with Crippen LogP contribution in [0.2, 0.25) is 0 Å². The fourth-order valence-electron chi connectivity index (χ4n) is 4.30. The van der Waals surface area contributed by atoms with Crippen molar-refractivity contribution < 1.29 is 23.9 Å². The molecule has 0 aromatic heterocycles. The average Bonchev–Trinajstić information content (AvgIpc) is 2.78. The third-order valence-corrected chi connectivity index (χ3v) is 6.25. The number of hydrogen-bond donors (Lipinski definition) is 0. The van der Waals surface area contributed by atoms with Crippen molar-refractivity contribution in [3.8, 4) is 0 Å². The number of nitrogens with zero attached hydrogens (tertiary/aromatic N) is 1. The van der Waals surface area contributed by atoms with E-state index in [0.717, 1.165) is 30.5 Å². The third kappa shape index (κ3) is 4.89. The van der Waals surface area contributed by atoms with E-state index in [9.17, 15) is 14.4 Å². The SMILES string of the molecule is COC1=C(OC)C(=O)C(Cc2ccc(CCC(=O)N3CCCCC3C)cc2)=C(C)C1=O. The van der Waals surface area contributed by atoms with Crippen molar-refractivity contribution in [3.63, 3.8) is 0 Å². The van der Waals surface area contributed by atoms with E-state index >= 15 is 0 Å². The zero-order chi connectivity index (χ0) is 22.5. The molecule has 1 aromatic carbocycles. The number of likely N-dealkylation sites (tertiary alicyclic amines) is 1. The topological polar surface area (TPSA) is 72.9 Å². The molecule has 2 aliphatic rings. The first-order valence-corrected chi connectivity index (χ1v) is 10.9. The first kappa shape index (κ1) is 22.8. The molecule has 0 spiro atoms. The number of carbonyl (C=O) groups is 3. The third-order valence-electron chi connectivity index (χ3n) is 6.25. The van der Waals surface area contributed by atoms with Crippen LogP contribution in [0.1, 0.15) is 50.7 Å². The Hall–Kier alpha value is -2.89. The van der Waals surface area contributed by atoms with Gasteiger partial charge in [-0.1, -0.05) is 24.3 Å². The van der Waals surface area contributed by atoms with Crippen molar-refractivity contribution in [3.05, 3.63) is 58.1 Å². The Morgan fingerprint density at radius 3 is 2.23 bits per heavy atom. The molecule has 1 saturated heterocycles. The maximum Gasteiger partial charge on any atom is 0.228 e. The van der Waals surface area contributed by atoms with Crippen molar-refractivity contribution in [2.24, 2.45) is 0 Å². The summed E-state index contributed by atoms with van der Waals surface area (Å²) in [5.41, 5.74) is 2.81. The highest BCUT2D eigenvalue weighted by Crippen LogP contribution is 2.28. The molecule has 1 aromatic rings. The van der Waals surface area contributed by atoms with Gasteiger partial charge >= 0.3 is 0 Å². The number of methoxy groups -OCH3 is 2. The van der Waals surface area contributed by atoms with E-state index in [-0.39, 0.29) is 29.0 Å². The standard InChI is InChI=1S/C25H31NO5/c1-16-7-5-6-14-26(16)21(27)13-12-18-8-10-19(11-9-18)15-20-17(2)22(28)24(30-3)25(31-4)23(20)29/h8-11,16H,5-7,12-15H2,1-4H3. The van der Waals surface area contributed by atoms with Gasteiger partial charge in [-0.05, 0) is 50.7 Å². The zero-order valence-electron chi connectivity index (χ0n) is 18.8. The second-order valence-electron chi connectivity index (χ2n) is 8.25. The minimum Gasteiger partial charge on any atom is -0.489 e. The lowest BCUT2D eigenvalue weighted by atomic mass is 9.88. The van der Waals surface area contributed by atoms with Gasteiger partial charge in [-0.3, -0.25) is 14.4 Å². The molecule has 1 atom stereocenters. The molecule has 1 fully saturated rings. The van der Waals surface area contributed by atoms with Gasteiger partial charge in [0.2, 0.25) is 29.0 Å². The molecule has 6 nitrogen and oxygen atoms in total. The first-order valence-electron chi connectivity index (χ1n) is 10.9. The number of ether oxygens (including phenoxy) is 2. The molecule has 166 valence electrons. The van der Waals surface area contributed by atoms with Crippen molar-refractivity contribution >= 4 is 17.5 Å². The monoisotopic (exact) mass is 425 g/mol. The summed E-state index contributed by atoms with van der Waals surface area (Å²) < 4.78 is 10.2. The fraction of sp³-hybridized carbons (Fsp3) is 0.480. The normalized spacial score (nSPS) is 19.7. The summed E-state index contributed by atoms with van der Waals surface area (Å²) in [4.78, 5) is 39.9. The molecule has 1 heterocycles. The van der Waals surface area contributed by atoms with E-state index in [0.29, 0.717) is 36.5 Å². The highest BCUT2D eigenvalue weighted by atomic mass is 16.5. The molecule has 31 heavy (non-hydrogen) atoms. The van der Waals surface area contributed by atoms with E-state index in [4.69, 9.17) is 9.47 Å². The minimum atomic E-state index is -0.323. The minimum absolute atomic E-state index is 0.0446. The zero-order valence-corrected chi connectivity index (χ0v) is 18.8. The molecule has 1 aliphatic carbocycles. The van der Waals surface area contributed by atoms with Crippen molar-refractivity contribution in [1.82, 2.24) is 4.90 Å². The summed E-state index contributed by atoms with van der Waals surface area (Å²) >= 11 is 0. The second kappa shape index (κ2) is 9.94. The van der Waals surface area contributed by atoms with Crippen LogP contribution < -0.4 is 0 Å². The summed E-state index contributed by atoms with van der Waals surface area (Å²) in [6.07, 6.45) is 4.91. The summed E-state index contributed by atoms with van der Waals surface area (Å²) in [5.74, 6) is -0.513. The van der Waals surface area contributed by atoms with E-state index in [1.165, 1.54) is 20.6 Å². The number of benzene rings is 1. The number of allylic oxidation sites excluding steroid dienone is 2. The Kier molecular flexibility index (Phi) is 7.31. The maximum atomic E-state index is 12.8. The number of hydrogen-bond acceptors (Lipinski definition) is 5. The fourth-order valence-corrected chi connectivity index (χ4v) is 4.30. The number of rotatable bonds is 7. The summed E-state index contributed by atoms with van der Waals surface area (Å²) in [5, 5.41) is 0. The van der Waals surface area contributed by atoms with E-state index < -0.39 is 0 Å². The van der Waals surface area contributed by atoms with Crippen LogP contribution in [0.4, 0.5) is 0 Å². The maximum absolute atomic E-state index is 12.8. The Labute approximate surface area is 183 Å². The molecule has 0 N–H and O–H groups in total. The Balaban J connectivity index is 1.64. The van der Waals surface area contributed by atoms with Crippen LogP contribution in [0.5, 0.6) is 0 Å². The van der Waals surface area contributed by atoms with Crippen LogP contribution in [-0.4, -0.2) is 49.2 Å². The quantitative estimate of drug-likeness (QED) is 0.625. The van der Waals surface area contributed by atoms with Crippen LogP contribution in [-0.2, 0) is 36.7 Å². The van der Waals surface area contributed by atoms with Gasteiger partial charge in [0, 0.05) is 36.6 Å². The molecule has 1 unspecified atom stereocenters. The van der Waals surface area contributed by atoms with Crippen molar-refractivity contribution in [2.45, 2.75) is 58.4 Å². The molecule has 0 radical (unpaired) electrons. The van der Waals surface area contributed by atoms with Crippen LogP contribution in [0.15, 0.2) is 46.9 Å². The van der Waals surface area contributed by atoms with Crippen LogP contribution in [0.3, 0.4) is 0 Å². The molecular weight excluding hydrogens is 394 g/mol. The molecule has 3 rings (SSSR count). The number of aryl methyl sites for hydroxylation is 1.